The fraction of sp³-hybridized carbons (Fsp3) is 0.250. The van der Waals surface area contributed by atoms with E-state index in [2.05, 4.69) is 20.9 Å². The van der Waals surface area contributed by atoms with Crippen LogP contribution in [-0.4, -0.2) is 4.98 Å². The summed E-state index contributed by atoms with van der Waals surface area (Å²) in [4.78, 5) is 5.12. The van der Waals surface area contributed by atoms with E-state index in [0.29, 0.717) is 12.0 Å². The molecule has 5 heteroatoms. The third kappa shape index (κ3) is 2.90. The highest BCUT2D eigenvalue weighted by molar-refractivity contribution is 9.09. The van der Waals surface area contributed by atoms with Gasteiger partial charge in [0.15, 0.2) is 11.6 Å². The smallest absolute Gasteiger partial charge is 0.162 e. The van der Waals surface area contributed by atoms with Gasteiger partial charge in [-0.05, 0) is 25.0 Å². The number of hydrogen-bond acceptors (Lipinski definition) is 2. The lowest BCUT2D eigenvalue weighted by Crippen LogP contribution is -1.98. The van der Waals surface area contributed by atoms with Gasteiger partial charge in [-0.3, -0.25) is 0 Å². The monoisotopic (exact) mass is 317 g/mol. The standard InChI is InChI=1S/C12H10BrF2NS/c1-7-16-6-11(17-7)9(13)5-8-3-2-4-10(14)12(8)15/h2-4,6,9H,5H2,1H3. The molecule has 0 saturated heterocycles. The van der Waals surface area contributed by atoms with E-state index in [1.54, 1.807) is 23.6 Å². The molecule has 1 nitrogen and oxygen atoms in total. The second-order valence-electron chi connectivity index (χ2n) is 3.67. The first-order valence-electron chi connectivity index (χ1n) is 5.07. The van der Waals surface area contributed by atoms with Gasteiger partial charge in [0, 0.05) is 11.1 Å². The first-order chi connectivity index (χ1) is 8.08. The average molecular weight is 318 g/mol. The molecule has 0 fully saturated rings. The van der Waals surface area contributed by atoms with Gasteiger partial charge in [0.1, 0.15) is 0 Å². The van der Waals surface area contributed by atoms with Gasteiger partial charge in [-0.25, -0.2) is 13.8 Å². The van der Waals surface area contributed by atoms with Crippen LogP contribution in [0, 0.1) is 18.6 Å². The number of aryl methyl sites for hydroxylation is 1. The Morgan fingerprint density at radius 2 is 2.18 bits per heavy atom. The Morgan fingerprint density at radius 3 is 2.82 bits per heavy atom. The third-order valence-electron chi connectivity index (χ3n) is 2.38. The van der Waals surface area contributed by atoms with E-state index in [1.807, 2.05) is 6.92 Å². The molecule has 0 aliphatic rings. The summed E-state index contributed by atoms with van der Waals surface area (Å²) in [5.74, 6) is -1.57. The predicted molar refractivity (Wildman–Crippen MR) is 68.6 cm³/mol. The molecule has 0 aliphatic heterocycles. The summed E-state index contributed by atoms with van der Waals surface area (Å²) in [6.07, 6.45) is 2.17. The molecule has 0 bridgehead atoms. The van der Waals surface area contributed by atoms with Gasteiger partial charge in [0.2, 0.25) is 0 Å². The lowest BCUT2D eigenvalue weighted by molar-refractivity contribution is 0.498. The predicted octanol–water partition coefficient (Wildman–Crippen LogP) is 4.41. The number of alkyl halides is 1. The summed E-state index contributed by atoms with van der Waals surface area (Å²) in [5.41, 5.74) is 0.373. The SMILES string of the molecule is Cc1ncc(C(Br)Cc2cccc(F)c2F)s1. The molecule has 0 aliphatic carbocycles. The van der Waals surface area contributed by atoms with Crippen molar-refractivity contribution in [2.75, 3.05) is 0 Å². The van der Waals surface area contributed by atoms with Gasteiger partial charge < -0.3 is 0 Å². The molecular formula is C12H10BrF2NS. The Kier molecular flexibility index (Phi) is 3.89. The lowest BCUT2D eigenvalue weighted by Gasteiger charge is -2.08. The molecule has 1 aromatic carbocycles. The maximum atomic E-state index is 13.5. The minimum absolute atomic E-state index is 0.0370. The molecule has 0 N–H and O–H groups in total. The molecule has 0 saturated carbocycles. The van der Waals surface area contributed by atoms with Gasteiger partial charge >= 0.3 is 0 Å². The van der Waals surface area contributed by atoms with Gasteiger partial charge in [-0.15, -0.1) is 11.3 Å². The molecule has 2 aromatic rings. The van der Waals surface area contributed by atoms with Gasteiger partial charge in [0.05, 0.1) is 9.83 Å². The fourth-order valence-corrected chi connectivity index (χ4v) is 3.03. The van der Waals surface area contributed by atoms with E-state index in [4.69, 9.17) is 0 Å². The van der Waals surface area contributed by atoms with E-state index in [0.717, 1.165) is 16.0 Å². The van der Waals surface area contributed by atoms with Crippen molar-refractivity contribution < 1.29 is 8.78 Å². The Balaban J connectivity index is 2.18. The minimum atomic E-state index is -0.803. The fourth-order valence-electron chi connectivity index (χ4n) is 1.52. The highest BCUT2D eigenvalue weighted by Gasteiger charge is 2.15. The van der Waals surface area contributed by atoms with E-state index in [-0.39, 0.29) is 4.83 Å². The van der Waals surface area contributed by atoms with E-state index < -0.39 is 11.6 Å². The van der Waals surface area contributed by atoms with Crippen LogP contribution in [0.25, 0.3) is 0 Å². The number of thiazole rings is 1. The molecule has 0 amide bonds. The quantitative estimate of drug-likeness (QED) is 0.764. The number of rotatable bonds is 3. The molecule has 1 heterocycles. The molecular weight excluding hydrogens is 308 g/mol. The van der Waals surface area contributed by atoms with Crippen LogP contribution < -0.4 is 0 Å². The molecule has 0 spiro atoms. The molecule has 1 unspecified atom stereocenters. The van der Waals surface area contributed by atoms with Crippen LogP contribution in [-0.2, 0) is 6.42 Å². The largest absolute Gasteiger partial charge is 0.250 e. The van der Waals surface area contributed by atoms with Crippen molar-refractivity contribution in [2.45, 2.75) is 18.2 Å². The van der Waals surface area contributed by atoms with Gasteiger partial charge in [0.25, 0.3) is 0 Å². The van der Waals surface area contributed by atoms with Gasteiger partial charge in [-0.2, -0.15) is 0 Å². The molecule has 90 valence electrons. The van der Waals surface area contributed by atoms with Crippen LogP contribution in [0.4, 0.5) is 8.78 Å². The number of benzene rings is 1. The molecule has 0 radical (unpaired) electrons. The van der Waals surface area contributed by atoms with Crippen LogP contribution in [0.15, 0.2) is 24.4 Å². The van der Waals surface area contributed by atoms with Crippen molar-refractivity contribution in [3.05, 3.63) is 51.5 Å². The summed E-state index contributed by atoms with van der Waals surface area (Å²) < 4.78 is 26.5. The molecule has 1 atom stereocenters. The third-order valence-corrected chi connectivity index (χ3v) is 4.53. The lowest BCUT2D eigenvalue weighted by atomic mass is 10.1. The number of hydrogen-bond donors (Lipinski definition) is 0. The minimum Gasteiger partial charge on any atom is -0.250 e. The van der Waals surface area contributed by atoms with E-state index >= 15 is 0 Å². The highest BCUT2D eigenvalue weighted by Crippen LogP contribution is 2.31. The van der Waals surface area contributed by atoms with Gasteiger partial charge in [-0.1, -0.05) is 28.1 Å². The summed E-state index contributed by atoms with van der Waals surface area (Å²) >= 11 is 5.03. The average Bonchev–Trinajstić information content (AvgIpc) is 2.72. The van der Waals surface area contributed by atoms with Crippen LogP contribution in [0.3, 0.4) is 0 Å². The maximum Gasteiger partial charge on any atom is 0.162 e. The van der Waals surface area contributed by atoms with Crippen molar-refractivity contribution in [2.24, 2.45) is 0 Å². The molecule has 17 heavy (non-hydrogen) atoms. The second-order valence-corrected chi connectivity index (χ2v) is 6.04. The summed E-state index contributed by atoms with van der Waals surface area (Å²) in [7, 11) is 0. The van der Waals surface area contributed by atoms with Crippen LogP contribution >= 0.6 is 27.3 Å². The zero-order chi connectivity index (χ0) is 12.4. The van der Waals surface area contributed by atoms with Crippen molar-refractivity contribution in [1.29, 1.82) is 0 Å². The Labute approximate surface area is 111 Å². The van der Waals surface area contributed by atoms with Crippen LogP contribution in [0.5, 0.6) is 0 Å². The van der Waals surface area contributed by atoms with E-state index in [9.17, 15) is 8.78 Å². The van der Waals surface area contributed by atoms with Crippen LogP contribution in [0.2, 0.25) is 0 Å². The number of nitrogens with zero attached hydrogens (tertiary/aromatic N) is 1. The summed E-state index contributed by atoms with van der Waals surface area (Å²) in [6, 6.07) is 4.24. The molecule has 1 aromatic heterocycles. The number of halogens is 3. The Bertz CT molecular complexity index is 527. The second kappa shape index (κ2) is 5.23. The zero-order valence-electron chi connectivity index (χ0n) is 9.08. The summed E-state index contributed by atoms with van der Waals surface area (Å²) in [6.45, 7) is 1.91. The van der Waals surface area contributed by atoms with Crippen molar-refractivity contribution in [1.82, 2.24) is 4.98 Å². The topological polar surface area (TPSA) is 12.9 Å². The van der Waals surface area contributed by atoms with Crippen molar-refractivity contribution >= 4 is 27.3 Å². The van der Waals surface area contributed by atoms with Crippen LogP contribution in [0.1, 0.15) is 20.3 Å². The first kappa shape index (κ1) is 12.6. The van der Waals surface area contributed by atoms with E-state index in [1.165, 1.54) is 6.07 Å². The first-order valence-corrected chi connectivity index (χ1v) is 6.80. The van der Waals surface area contributed by atoms with Crippen molar-refractivity contribution in [3.8, 4) is 0 Å². The summed E-state index contributed by atoms with van der Waals surface area (Å²) in [5, 5.41) is 0.962. The molecule has 2 rings (SSSR count). The maximum absolute atomic E-state index is 13.5. The Morgan fingerprint density at radius 1 is 1.41 bits per heavy atom. The Hall–Kier alpha value is -0.810. The normalized spacial score (nSPS) is 12.7. The van der Waals surface area contributed by atoms with Crippen molar-refractivity contribution in [3.63, 3.8) is 0 Å². The zero-order valence-corrected chi connectivity index (χ0v) is 11.5. The highest BCUT2D eigenvalue weighted by atomic mass is 79.9. The number of aromatic nitrogens is 1.